The van der Waals surface area contributed by atoms with Crippen molar-refractivity contribution in [2.45, 2.75) is 19.6 Å². The molecule has 36 heavy (non-hydrogen) atoms. The molecule has 2 amide bonds. The minimum atomic E-state index is -4.78. The number of hydrogen-bond acceptors (Lipinski definition) is 4. The average molecular weight is 564 g/mol. The van der Waals surface area contributed by atoms with E-state index in [1.165, 1.54) is 54.2 Å². The largest absolute Gasteiger partial charge is 0.433 e. The Morgan fingerprint density at radius 3 is 2.39 bits per heavy atom. The van der Waals surface area contributed by atoms with Crippen LogP contribution >= 0.6 is 15.9 Å². The first-order valence-electron chi connectivity index (χ1n) is 10.5. The second-order valence-electron chi connectivity index (χ2n) is 7.84. The molecule has 2 heterocycles. The van der Waals surface area contributed by atoms with Crippen LogP contribution in [0.3, 0.4) is 0 Å². The molecule has 0 aliphatic carbocycles. The van der Waals surface area contributed by atoms with Gasteiger partial charge < -0.3 is 10.6 Å². The molecule has 186 valence electrons. The Bertz CT molecular complexity index is 1480. The van der Waals surface area contributed by atoms with Crippen molar-refractivity contribution in [3.05, 3.63) is 87.0 Å². The van der Waals surface area contributed by atoms with Crippen LogP contribution in [0.2, 0.25) is 0 Å². The van der Waals surface area contributed by atoms with Gasteiger partial charge in [-0.1, -0.05) is 28.1 Å². The second-order valence-corrected chi connectivity index (χ2v) is 8.76. The van der Waals surface area contributed by atoms with E-state index in [-0.39, 0.29) is 40.1 Å². The van der Waals surface area contributed by atoms with Crippen molar-refractivity contribution in [2.75, 3.05) is 12.4 Å². The number of hydrogen-bond donors (Lipinski definition) is 2. The molecule has 0 unspecified atom stereocenters. The molecule has 0 spiro atoms. The van der Waals surface area contributed by atoms with Crippen molar-refractivity contribution in [2.24, 2.45) is 0 Å². The zero-order valence-corrected chi connectivity index (χ0v) is 20.5. The van der Waals surface area contributed by atoms with Gasteiger partial charge in [0.05, 0.1) is 29.0 Å². The minimum absolute atomic E-state index is 0.0109. The summed E-state index contributed by atoms with van der Waals surface area (Å²) in [5.41, 5.74) is -0.590. The number of aromatic nitrogens is 3. The van der Waals surface area contributed by atoms with Gasteiger partial charge in [-0.2, -0.15) is 18.3 Å². The first-order chi connectivity index (χ1) is 17.0. The third-order valence-electron chi connectivity index (χ3n) is 5.36. The van der Waals surface area contributed by atoms with Crippen molar-refractivity contribution < 1.29 is 27.2 Å². The number of aryl methyl sites for hydroxylation is 1. The Labute approximate surface area is 210 Å². The van der Waals surface area contributed by atoms with E-state index in [0.717, 1.165) is 0 Å². The lowest BCUT2D eigenvalue weighted by Crippen LogP contribution is -2.25. The number of carbonyl (C=O) groups is 2. The summed E-state index contributed by atoms with van der Waals surface area (Å²) < 4.78 is 55.6. The number of alkyl halides is 3. The smallest absolute Gasteiger partial charge is 0.354 e. The molecule has 2 aromatic carbocycles. The number of amides is 2. The Morgan fingerprint density at radius 2 is 1.75 bits per heavy atom. The molecule has 7 nitrogen and oxygen atoms in total. The van der Waals surface area contributed by atoms with Gasteiger partial charge in [0.25, 0.3) is 11.8 Å². The number of benzene rings is 2. The zero-order chi connectivity index (χ0) is 26.2. The molecule has 0 atom stereocenters. The zero-order valence-electron chi connectivity index (χ0n) is 18.9. The number of halogens is 5. The Kier molecular flexibility index (Phi) is 6.81. The van der Waals surface area contributed by atoms with E-state index in [4.69, 9.17) is 0 Å². The maximum absolute atomic E-state index is 13.5. The summed E-state index contributed by atoms with van der Waals surface area (Å²) in [5.74, 6) is -1.88. The maximum Gasteiger partial charge on any atom is 0.433 e. The second kappa shape index (κ2) is 9.69. The molecule has 2 aromatic heterocycles. The lowest BCUT2D eigenvalue weighted by atomic mass is 10.1. The molecule has 4 rings (SSSR count). The van der Waals surface area contributed by atoms with Crippen LogP contribution < -0.4 is 10.6 Å². The quantitative estimate of drug-likeness (QED) is 0.322. The van der Waals surface area contributed by atoms with Crippen molar-refractivity contribution >= 4 is 44.3 Å². The predicted molar refractivity (Wildman–Crippen MR) is 128 cm³/mol. The molecule has 4 aromatic rings. The normalized spacial score (nSPS) is 11.5. The van der Waals surface area contributed by atoms with Crippen molar-refractivity contribution in [3.8, 4) is 0 Å². The van der Waals surface area contributed by atoms with Gasteiger partial charge in [0, 0.05) is 16.9 Å². The summed E-state index contributed by atoms with van der Waals surface area (Å²) in [6.45, 7) is 1.63. The predicted octanol–water partition coefficient (Wildman–Crippen LogP) is 5.32. The molecule has 0 aliphatic heterocycles. The summed E-state index contributed by atoms with van der Waals surface area (Å²) in [6, 6.07) is 10.6. The van der Waals surface area contributed by atoms with Gasteiger partial charge >= 0.3 is 6.18 Å². The van der Waals surface area contributed by atoms with E-state index in [1.807, 2.05) is 0 Å². The van der Waals surface area contributed by atoms with Crippen molar-refractivity contribution in [3.63, 3.8) is 0 Å². The van der Waals surface area contributed by atoms with Crippen LogP contribution in [0.15, 0.2) is 53.0 Å². The van der Waals surface area contributed by atoms with Gasteiger partial charge in [-0.25, -0.2) is 9.37 Å². The molecule has 2 N–H and O–H groups in total. The lowest BCUT2D eigenvalue weighted by molar-refractivity contribution is -0.140. The third kappa shape index (κ3) is 5.08. The van der Waals surface area contributed by atoms with Crippen LogP contribution in [-0.4, -0.2) is 33.6 Å². The van der Waals surface area contributed by atoms with Crippen molar-refractivity contribution in [1.29, 1.82) is 0 Å². The monoisotopic (exact) mass is 563 g/mol. The van der Waals surface area contributed by atoms with Crippen LogP contribution in [0.25, 0.3) is 10.9 Å². The summed E-state index contributed by atoms with van der Waals surface area (Å²) in [6.07, 6.45) is -4.78. The minimum Gasteiger partial charge on any atom is -0.354 e. The van der Waals surface area contributed by atoms with Gasteiger partial charge in [-0.05, 0) is 48.9 Å². The van der Waals surface area contributed by atoms with E-state index in [1.54, 1.807) is 6.92 Å². The van der Waals surface area contributed by atoms with E-state index in [9.17, 15) is 27.2 Å². The van der Waals surface area contributed by atoms with E-state index in [2.05, 4.69) is 36.6 Å². The number of nitrogens with zero attached hydrogens (tertiary/aromatic N) is 3. The Balaban J connectivity index is 1.79. The Morgan fingerprint density at radius 1 is 1.06 bits per heavy atom. The van der Waals surface area contributed by atoms with Crippen LogP contribution in [0, 0.1) is 12.7 Å². The molecule has 0 fully saturated rings. The number of anilines is 1. The number of rotatable bonds is 5. The standard InChI is InChI=1S/C24H18BrF4N5O2/c1-12-20(21(23(36)30-2)34(33-12)11-13-3-6-15(26)7-4-13)32-22(35)17-10-19(24(27,28)29)31-18-8-5-14(25)9-16(17)18/h3-10H,11H2,1-2H3,(H,30,36)(H,32,35). The van der Waals surface area contributed by atoms with E-state index < -0.39 is 29.5 Å². The molecule has 0 radical (unpaired) electrons. The molecule has 0 aliphatic rings. The summed E-state index contributed by atoms with van der Waals surface area (Å²) >= 11 is 3.26. The van der Waals surface area contributed by atoms with Gasteiger partial charge in [0.15, 0.2) is 0 Å². The average Bonchev–Trinajstić information content (AvgIpc) is 3.12. The number of pyridine rings is 1. The lowest BCUT2D eigenvalue weighted by Gasteiger charge is -2.13. The fourth-order valence-electron chi connectivity index (χ4n) is 3.67. The third-order valence-corrected chi connectivity index (χ3v) is 5.85. The Hall–Kier alpha value is -3.80. The highest BCUT2D eigenvalue weighted by Crippen LogP contribution is 2.33. The van der Waals surface area contributed by atoms with Gasteiger partial charge in [-0.15, -0.1) is 0 Å². The summed E-state index contributed by atoms with van der Waals surface area (Å²) in [4.78, 5) is 29.7. The van der Waals surface area contributed by atoms with Crippen LogP contribution in [-0.2, 0) is 12.7 Å². The van der Waals surface area contributed by atoms with Crippen molar-refractivity contribution in [1.82, 2.24) is 20.1 Å². The SMILES string of the molecule is CNC(=O)c1c(NC(=O)c2cc(C(F)(F)F)nc3ccc(Br)cc23)c(C)nn1Cc1ccc(F)cc1. The number of fused-ring (bicyclic) bond motifs is 1. The van der Waals surface area contributed by atoms with Gasteiger partial charge in [-0.3, -0.25) is 14.3 Å². The molecular weight excluding hydrogens is 546 g/mol. The summed E-state index contributed by atoms with van der Waals surface area (Å²) in [7, 11) is 1.39. The molecule has 0 saturated carbocycles. The van der Waals surface area contributed by atoms with Crippen LogP contribution in [0.5, 0.6) is 0 Å². The first kappa shape index (κ1) is 25.3. The van der Waals surface area contributed by atoms with Gasteiger partial charge in [0.1, 0.15) is 17.2 Å². The first-order valence-corrected chi connectivity index (χ1v) is 11.3. The van der Waals surface area contributed by atoms with E-state index in [0.29, 0.717) is 16.1 Å². The highest BCUT2D eigenvalue weighted by Gasteiger charge is 2.34. The molecular formula is C24H18BrF4N5O2. The fraction of sp³-hybridized carbons (Fsp3) is 0.167. The molecule has 0 saturated heterocycles. The number of nitrogens with one attached hydrogen (secondary N) is 2. The molecule has 12 heteroatoms. The summed E-state index contributed by atoms with van der Waals surface area (Å²) in [5, 5.41) is 9.55. The molecule has 0 bridgehead atoms. The highest BCUT2D eigenvalue weighted by atomic mass is 79.9. The topological polar surface area (TPSA) is 88.9 Å². The fourth-order valence-corrected chi connectivity index (χ4v) is 4.03. The highest BCUT2D eigenvalue weighted by molar-refractivity contribution is 9.10. The van der Waals surface area contributed by atoms with Crippen LogP contribution in [0.4, 0.5) is 23.2 Å². The van der Waals surface area contributed by atoms with Crippen LogP contribution in [0.1, 0.15) is 37.8 Å². The van der Waals surface area contributed by atoms with Gasteiger partial charge in [0.2, 0.25) is 0 Å². The maximum atomic E-state index is 13.5. The number of carbonyl (C=O) groups excluding carboxylic acids is 2. The van der Waals surface area contributed by atoms with E-state index >= 15 is 0 Å².